The van der Waals surface area contributed by atoms with E-state index in [0.29, 0.717) is 10.9 Å². The summed E-state index contributed by atoms with van der Waals surface area (Å²) in [6.07, 6.45) is 2.64. The zero-order chi connectivity index (χ0) is 15.0. The van der Waals surface area contributed by atoms with E-state index < -0.39 is 5.97 Å². The minimum absolute atomic E-state index is 0.436. The van der Waals surface area contributed by atoms with Crippen molar-refractivity contribution in [3.05, 3.63) is 34.7 Å². The van der Waals surface area contributed by atoms with Crippen molar-refractivity contribution >= 4 is 27.4 Å². The van der Waals surface area contributed by atoms with Crippen molar-refractivity contribution in [2.45, 2.75) is 39.3 Å². The minimum atomic E-state index is -0.804. The molecule has 112 valence electrons. The number of carbonyl (C=O) groups is 1. The lowest BCUT2D eigenvalue weighted by Crippen LogP contribution is -2.32. The molecule has 0 unspecified atom stereocenters. The van der Waals surface area contributed by atoms with Crippen LogP contribution < -0.4 is 0 Å². The predicted molar refractivity (Wildman–Crippen MR) is 87.1 cm³/mol. The fourth-order valence-electron chi connectivity index (χ4n) is 2.72. The zero-order valence-corrected chi connectivity index (χ0v) is 13.3. The lowest BCUT2D eigenvalue weighted by Gasteiger charge is -2.26. The number of carboxylic acid groups (broad SMARTS) is 1. The van der Waals surface area contributed by atoms with Gasteiger partial charge in [-0.15, -0.1) is 11.3 Å². The van der Waals surface area contributed by atoms with Crippen LogP contribution in [0.2, 0.25) is 0 Å². The van der Waals surface area contributed by atoms with Crippen LogP contribution in [-0.2, 0) is 6.54 Å². The van der Waals surface area contributed by atoms with Crippen LogP contribution in [0.15, 0.2) is 24.3 Å². The Morgan fingerprint density at radius 3 is 2.71 bits per heavy atom. The van der Waals surface area contributed by atoms with Gasteiger partial charge in [-0.25, -0.2) is 4.79 Å². The summed E-state index contributed by atoms with van der Waals surface area (Å²) in [7, 11) is 0. The molecule has 3 rings (SSSR count). The van der Waals surface area contributed by atoms with Gasteiger partial charge in [0.2, 0.25) is 0 Å². The molecule has 0 radical (unpaired) electrons. The number of aromatic carboxylic acids is 1. The first kappa shape index (κ1) is 14.5. The van der Waals surface area contributed by atoms with Gasteiger partial charge in [-0.2, -0.15) is 0 Å². The largest absolute Gasteiger partial charge is 0.477 e. The molecule has 4 heteroatoms. The minimum Gasteiger partial charge on any atom is -0.477 e. The van der Waals surface area contributed by atoms with Gasteiger partial charge in [-0.05, 0) is 49.6 Å². The third kappa shape index (κ3) is 3.11. The highest BCUT2D eigenvalue weighted by Crippen LogP contribution is 2.35. The van der Waals surface area contributed by atoms with Crippen LogP contribution in [-0.4, -0.2) is 28.6 Å². The summed E-state index contributed by atoms with van der Waals surface area (Å²) in [5.74, 6) is 0.00639. The molecule has 1 N–H and O–H groups in total. The van der Waals surface area contributed by atoms with Gasteiger partial charge in [-0.3, -0.25) is 4.90 Å². The molecule has 0 atom stereocenters. The number of benzene rings is 1. The van der Waals surface area contributed by atoms with E-state index in [4.69, 9.17) is 0 Å². The van der Waals surface area contributed by atoms with E-state index in [0.717, 1.165) is 34.7 Å². The average Bonchev–Trinajstić information content (AvgIpc) is 3.18. The van der Waals surface area contributed by atoms with Gasteiger partial charge >= 0.3 is 5.97 Å². The Bertz CT molecular complexity index is 658. The van der Waals surface area contributed by atoms with Crippen molar-refractivity contribution in [1.82, 2.24) is 4.90 Å². The highest BCUT2D eigenvalue weighted by atomic mass is 32.1. The van der Waals surface area contributed by atoms with Gasteiger partial charge in [0.25, 0.3) is 0 Å². The molecule has 1 aromatic heterocycles. The third-order valence-corrected chi connectivity index (χ3v) is 5.37. The van der Waals surface area contributed by atoms with E-state index >= 15 is 0 Å². The van der Waals surface area contributed by atoms with Crippen molar-refractivity contribution in [2.24, 2.45) is 5.92 Å². The zero-order valence-electron chi connectivity index (χ0n) is 12.5. The molecule has 0 amide bonds. The first-order valence-electron chi connectivity index (χ1n) is 7.54. The number of fused-ring (bicyclic) bond motifs is 1. The maximum absolute atomic E-state index is 11.6. The smallest absolute Gasteiger partial charge is 0.346 e. The Balaban J connectivity index is 1.96. The van der Waals surface area contributed by atoms with Gasteiger partial charge in [-0.1, -0.05) is 18.2 Å². The Kier molecular flexibility index (Phi) is 4.00. The van der Waals surface area contributed by atoms with E-state index in [1.807, 2.05) is 24.3 Å². The number of hydrogen-bond acceptors (Lipinski definition) is 3. The van der Waals surface area contributed by atoms with Crippen molar-refractivity contribution in [2.75, 3.05) is 6.54 Å². The molecule has 1 saturated carbocycles. The second-order valence-electron chi connectivity index (χ2n) is 6.18. The van der Waals surface area contributed by atoms with Crippen LogP contribution in [0.3, 0.4) is 0 Å². The Morgan fingerprint density at radius 2 is 2.10 bits per heavy atom. The Hall–Kier alpha value is -1.39. The van der Waals surface area contributed by atoms with Crippen LogP contribution in [0.5, 0.6) is 0 Å². The second kappa shape index (κ2) is 5.78. The molecule has 1 aliphatic carbocycles. The number of carboxylic acids is 1. The fourth-order valence-corrected chi connectivity index (χ4v) is 3.77. The number of hydrogen-bond donors (Lipinski definition) is 1. The van der Waals surface area contributed by atoms with Gasteiger partial charge in [0.1, 0.15) is 4.88 Å². The molecule has 0 aliphatic heterocycles. The number of nitrogens with zero attached hydrogens (tertiary/aromatic N) is 1. The summed E-state index contributed by atoms with van der Waals surface area (Å²) >= 11 is 1.39. The Labute approximate surface area is 129 Å². The highest BCUT2D eigenvalue weighted by molar-refractivity contribution is 7.21. The van der Waals surface area contributed by atoms with E-state index in [2.05, 4.69) is 18.7 Å². The maximum atomic E-state index is 11.6. The summed E-state index contributed by atoms with van der Waals surface area (Å²) < 4.78 is 1.07. The summed E-state index contributed by atoms with van der Waals surface area (Å²) in [6, 6.07) is 8.45. The molecule has 1 heterocycles. The van der Waals surface area contributed by atoms with Gasteiger partial charge in [0.05, 0.1) is 0 Å². The normalized spacial score (nSPS) is 15.2. The molecular weight excluding hydrogens is 282 g/mol. The molecule has 2 aromatic rings. The molecule has 0 bridgehead atoms. The summed E-state index contributed by atoms with van der Waals surface area (Å²) in [5.41, 5.74) is 0.984. The quantitative estimate of drug-likeness (QED) is 0.868. The maximum Gasteiger partial charge on any atom is 0.346 e. The van der Waals surface area contributed by atoms with Crippen molar-refractivity contribution in [1.29, 1.82) is 0 Å². The van der Waals surface area contributed by atoms with Gasteiger partial charge in [0.15, 0.2) is 0 Å². The van der Waals surface area contributed by atoms with Crippen LogP contribution in [0.4, 0.5) is 0 Å². The first-order chi connectivity index (χ1) is 10.1. The molecule has 1 fully saturated rings. The molecule has 1 aromatic carbocycles. The lowest BCUT2D eigenvalue weighted by molar-refractivity contribution is 0.0699. The number of thiophene rings is 1. The van der Waals surface area contributed by atoms with Crippen molar-refractivity contribution in [3.8, 4) is 0 Å². The Morgan fingerprint density at radius 1 is 1.38 bits per heavy atom. The summed E-state index contributed by atoms with van der Waals surface area (Å²) in [5, 5.41) is 10.6. The molecular formula is C17H21NO2S. The van der Waals surface area contributed by atoms with Crippen LogP contribution >= 0.6 is 11.3 Å². The van der Waals surface area contributed by atoms with Crippen LogP contribution in [0, 0.1) is 5.92 Å². The predicted octanol–water partition coefficient (Wildman–Crippen LogP) is 4.22. The SMILES string of the molecule is CC(C)N(Cc1c(C(=O)O)sc2ccccc12)CC1CC1. The monoisotopic (exact) mass is 303 g/mol. The van der Waals surface area contributed by atoms with Crippen molar-refractivity contribution < 1.29 is 9.90 Å². The topological polar surface area (TPSA) is 40.5 Å². The van der Waals surface area contributed by atoms with E-state index in [1.54, 1.807) is 0 Å². The molecule has 0 spiro atoms. The average molecular weight is 303 g/mol. The fraction of sp³-hybridized carbons (Fsp3) is 0.471. The van der Waals surface area contributed by atoms with E-state index in [9.17, 15) is 9.90 Å². The van der Waals surface area contributed by atoms with Crippen LogP contribution in [0.25, 0.3) is 10.1 Å². The molecule has 1 aliphatic rings. The van der Waals surface area contributed by atoms with E-state index in [1.165, 1.54) is 24.2 Å². The first-order valence-corrected chi connectivity index (χ1v) is 8.35. The lowest BCUT2D eigenvalue weighted by atomic mass is 10.1. The standard InChI is InChI=1S/C17H21NO2S/c1-11(2)18(9-12-7-8-12)10-14-13-5-3-4-6-15(13)21-16(14)17(19)20/h3-6,11-12H,7-10H2,1-2H3,(H,19,20). The van der Waals surface area contributed by atoms with Crippen LogP contribution in [0.1, 0.15) is 41.9 Å². The summed E-state index contributed by atoms with van der Waals surface area (Å²) in [6.45, 7) is 6.20. The third-order valence-electron chi connectivity index (χ3n) is 4.17. The highest BCUT2D eigenvalue weighted by Gasteiger charge is 2.27. The number of rotatable bonds is 6. The molecule has 3 nitrogen and oxygen atoms in total. The summed E-state index contributed by atoms with van der Waals surface area (Å²) in [4.78, 5) is 14.5. The molecule has 21 heavy (non-hydrogen) atoms. The van der Waals surface area contributed by atoms with E-state index in [-0.39, 0.29) is 0 Å². The second-order valence-corrected chi connectivity index (χ2v) is 7.23. The van der Waals surface area contributed by atoms with Gasteiger partial charge < -0.3 is 5.11 Å². The van der Waals surface area contributed by atoms with Gasteiger partial charge in [0, 0.05) is 23.8 Å². The van der Waals surface area contributed by atoms with Crippen molar-refractivity contribution in [3.63, 3.8) is 0 Å². The molecule has 0 saturated heterocycles.